The molecule has 1 unspecified atom stereocenters. The monoisotopic (exact) mass is 254 g/mol. The van der Waals surface area contributed by atoms with E-state index in [0.29, 0.717) is 11.1 Å². The van der Waals surface area contributed by atoms with Gasteiger partial charge < -0.3 is 15.0 Å². The maximum atomic E-state index is 6.12. The fourth-order valence-corrected chi connectivity index (χ4v) is 2.42. The lowest BCUT2D eigenvalue weighted by molar-refractivity contribution is 0.258. The summed E-state index contributed by atoms with van der Waals surface area (Å²) >= 11 is 6.12. The highest BCUT2D eigenvalue weighted by atomic mass is 35.5. The number of rotatable bonds is 4. The molecule has 1 aromatic carbocycles. The van der Waals surface area contributed by atoms with Gasteiger partial charge in [0, 0.05) is 7.05 Å². The first-order valence-corrected chi connectivity index (χ1v) is 6.40. The van der Waals surface area contributed by atoms with Crippen molar-refractivity contribution in [3.05, 3.63) is 23.2 Å². The quantitative estimate of drug-likeness (QED) is 0.836. The Balaban J connectivity index is 2.08. The Labute approximate surface area is 108 Å². The Hall–Kier alpha value is -0.930. The molecule has 1 aromatic rings. The first-order chi connectivity index (χ1) is 8.24. The normalized spacial score (nSPS) is 18.8. The SMILES string of the molecule is CNCCCC1COc2c(Cl)cccc2N1C. The van der Waals surface area contributed by atoms with Crippen LogP contribution in [-0.2, 0) is 0 Å². The maximum Gasteiger partial charge on any atom is 0.161 e. The van der Waals surface area contributed by atoms with Crippen LogP contribution in [0.3, 0.4) is 0 Å². The van der Waals surface area contributed by atoms with Crippen molar-refractivity contribution >= 4 is 17.3 Å². The third kappa shape index (κ3) is 2.67. The first kappa shape index (κ1) is 12.5. The lowest BCUT2D eigenvalue weighted by Crippen LogP contribution is -2.40. The molecule has 1 atom stereocenters. The molecule has 0 spiro atoms. The zero-order chi connectivity index (χ0) is 12.3. The summed E-state index contributed by atoms with van der Waals surface area (Å²) in [6.45, 7) is 1.77. The summed E-state index contributed by atoms with van der Waals surface area (Å²) in [6.07, 6.45) is 2.29. The van der Waals surface area contributed by atoms with Crippen molar-refractivity contribution in [2.75, 3.05) is 32.1 Å². The number of benzene rings is 1. The maximum absolute atomic E-state index is 6.12. The van der Waals surface area contributed by atoms with E-state index in [1.54, 1.807) is 0 Å². The summed E-state index contributed by atoms with van der Waals surface area (Å²) in [7, 11) is 4.10. The summed E-state index contributed by atoms with van der Waals surface area (Å²) in [5.74, 6) is 0.821. The fourth-order valence-electron chi connectivity index (χ4n) is 2.20. The molecule has 0 fully saturated rings. The summed E-state index contributed by atoms with van der Waals surface area (Å²) in [6, 6.07) is 6.34. The molecule has 4 heteroatoms. The van der Waals surface area contributed by atoms with Crippen LogP contribution in [-0.4, -0.2) is 33.3 Å². The molecule has 94 valence electrons. The van der Waals surface area contributed by atoms with Crippen molar-refractivity contribution in [1.82, 2.24) is 5.32 Å². The molecule has 0 radical (unpaired) electrons. The highest BCUT2D eigenvalue weighted by Gasteiger charge is 2.25. The number of para-hydroxylation sites is 1. The minimum Gasteiger partial charge on any atom is -0.488 e. The summed E-state index contributed by atoms with van der Waals surface area (Å²) in [4.78, 5) is 2.28. The third-order valence-corrected chi connectivity index (χ3v) is 3.56. The van der Waals surface area contributed by atoms with Crippen LogP contribution >= 0.6 is 11.6 Å². The Morgan fingerprint density at radius 1 is 1.53 bits per heavy atom. The van der Waals surface area contributed by atoms with Crippen LogP contribution in [0.15, 0.2) is 18.2 Å². The number of hydrogen-bond acceptors (Lipinski definition) is 3. The van der Waals surface area contributed by atoms with Crippen LogP contribution in [0.5, 0.6) is 5.75 Å². The van der Waals surface area contributed by atoms with Gasteiger partial charge >= 0.3 is 0 Å². The van der Waals surface area contributed by atoms with Crippen LogP contribution in [0.4, 0.5) is 5.69 Å². The predicted octanol–water partition coefficient (Wildman–Crippen LogP) is 2.54. The first-order valence-electron chi connectivity index (χ1n) is 6.02. The number of halogens is 1. The highest BCUT2D eigenvalue weighted by molar-refractivity contribution is 6.32. The molecule has 1 heterocycles. The molecule has 0 amide bonds. The van der Waals surface area contributed by atoms with E-state index in [1.165, 1.54) is 0 Å². The van der Waals surface area contributed by atoms with Crippen molar-refractivity contribution in [3.63, 3.8) is 0 Å². The molecular formula is C13H19ClN2O. The van der Waals surface area contributed by atoms with Crippen LogP contribution in [0.2, 0.25) is 5.02 Å². The molecule has 1 aliphatic rings. The minimum absolute atomic E-state index is 0.439. The van der Waals surface area contributed by atoms with Gasteiger partial charge in [0.15, 0.2) is 5.75 Å². The average molecular weight is 255 g/mol. The van der Waals surface area contributed by atoms with E-state index in [2.05, 4.69) is 23.3 Å². The second-order valence-electron chi connectivity index (χ2n) is 4.41. The molecular weight excluding hydrogens is 236 g/mol. The Bertz CT molecular complexity index is 384. The average Bonchev–Trinajstić information content (AvgIpc) is 2.33. The number of likely N-dealkylation sites (N-methyl/N-ethyl adjacent to an activating group) is 1. The van der Waals surface area contributed by atoms with Crippen molar-refractivity contribution in [1.29, 1.82) is 0 Å². The lowest BCUT2D eigenvalue weighted by Gasteiger charge is -2.36. The van der Waals surface area contributed by atoms with E-state index >= 15 is 0 Å². The molecule has 17 heavy (non-hydrogen) atoms. The smallest absolute Gasteiger partial charge is 0.161 e. The zero-order valence-corrected chi connectivity index (χ0v) is 11.1. The van der Waals surface area contributed by atoms with Gasteiger partial charge in [-0.25, -0.2) is 0 Å². The summed E-state index contributed by atoms with van der Waals surface area (Å²) in [5, 5.41) is 3.87. The Morgan fingerprint density at radius 2 is 2.35 bits per heavy atom. The molecule has 1 aliphatic heterocycles. The van der Waals surface area contributed by atoms with Gasteiger partial charge in [0.2, 0.25) is 0 Å². The van der Waals surface area contributed by atoms with E-state index in [4.69, 9.17) is 16.3 Å². The molecule has 0 saturated carbocycles. The molecule has 0 aliphatic carbocycles. The molecule has 3 nitrogen and oxygen atoms in total. The van der Waals surface area contributed by atoms with Gasteiger partial charge in [-0.1, -0.05) is 17.7 Å². The summed E-state index contributed by atoms with van der Waals surface area (Å²) in [5.41, 5.74) is 1.10. The molecule has 0 bridgehead atoms. The van der Waals surface area contributed by atoms with Gasteiger partial charge in [-0.3, -0.25) is 0 Å². The van der Waals surface area contributed by atoms with E-state index in [9.17, 15) is 0 Å². The van der Waals surface area contributed by atoms with E-state index in [-0.39, 0.29) is 0 Å². The Morgan fingerprint density at radius 3 is 3.12 bits per heavy atom. The van der Waals surface area contributed by atoms with Crippen molar-refractivity contribution < 1.29 is 4.74 Å². The van der Waals surface area contributed by atoms with Crippen LogP contribution < -0.4 is 15.0 Å². The van der Waals surface area contributed by atoms with E-state index < -0.39 is 0 Å². The number of fused-ring (bicyclic) bond motifs is 1. The second kappa shape index (κ2) is 5.61. The van der Waals surface area contributed by atoms with Crippen molar-refractivity contribution in [3.8, 4) is 5.75 Å². The van der Waals surface area contributed by atoms with Crippen molar-refractivity contribution in [2.45, 2.75) is 18.9 Å². The number of anilines is 1. The van der Waals surface area contributed by atoms with Gasteiger partial charge in [-0.05, 0) is 38.6 Å². The molecule has 2 rings (SSSR count). The van der Waals surface area contributed by atoms with E-state index in [0.717, 1.165) is 37.4 Å². The van der Waals surface area contributed by atoms with Gasteiger partial charge in [0.05, 0.1) is 16.8 Å². The third-order valence-electron chi connectivity index (χ3n) is 3.26. The van der Waals surface area contributed by atoms with Gasteiger partial charge in [-0.15, -0.1) is 0 Å². The molecule has 1 N–H and O–H groups in total. The topological polar surface area (TPSA) is 24.5 Å². The Kier molecular flexibility index (Phi) is 4.13. The largest absolute Gasteiger partial charge is 0.488 e. The van der Waals surface area contributed by atoms with Crippen molar-refractivity contribution in [2.24, 2.45) is 0 Å². The van der Waals surface area contributed by atoms with Gasteiger partial charge in [-0.2, -0.15) is 0 Å². The molecule has 0 aromatic heterocycles. The fraction of sp³-hybridized carbons (Fsp3) is 0.538. The standard InChI is InChI=1S/C13H19ClN2O/c1-15-8-4-5-10-9-17-13-11(14)6-3-7-12(13)16(10)2/h3,6-7,10,15H,4-5,8-9H2,1-2H3. The van der Waals surface area contributed by atoms with Gasteiger partial charge in [0.1, 0.15) is 6.61 Å². The van der Waals surface area contributed by atoms with Gasteiger partial charge in [0.25, 0.3) is 0 Å². The van der Waals surface area contributed by atoms with E-state index in [1.807, 2.05) is 19.2 Å². The number of ether oxygens (including phenoxy) is 1. The summed E-state index contributed by atoms with van der Waals surface area (Å²) < 4.78 is 5.77. The second-order valence-corrected chi connectivity index (χ2v) is 4.82. The number of nitrogens with zero attached hydrogens (tertiary/aromatic N) is 1. The predicted molar refractivity (Wildman–Crippen MR) is 72.3 cm³/mol. The lowest BCUT2D eigenvalue weighted by atomic mass is 10.1. The van der Waals surface area contributed by atoms with Crippen LogP contribution in [0, 0.1) is 0 Å². The molecule has 0 saturated heterocycles. The zero-order valence-electron chi connectivity index (χ0n) is 10.4. The highest BCUT2D eigenvalue weighted by Crippen LogP contribution is 2.39. The van der Waals surface area contributed by atoms with Crippen LogP contribution in [0.1, 0.15) is 12.8 Å². The number of nitrogens with one attached hydrogen (secondary N) is 1. The minimum atomic E-state index is 0.439. The van der Waals surface area contributed by atoms with Crippen LogP contribution in [0.25, 0.3) is 0 Å². The number of hydrogen-bond donors (Lipinski definition) is 1.